The Kier molecular flexibility index (Phi) is 11.8. The maximum atomic E-state index is 11.9. The van der Waals surface area contributed by atoms with Crippen LogP contribution in [0.2, 0.25) is 0 Å². The van der Waals surface area contributed by atoms with Crippen LogP contribution in [-0.2, 0) is 0 Å². The summed E-state index contributed by atoms with van der Waals surface area (Å²) in [6.45, 7) is 0. The molecule has 0 spiro atoms. The Morgan fingerprint density at radius 2 is 1.27 bits per heavy atom. The van der Waals surface area contributed by atoms with E-state index < -0.39 is 29.1 Å². The Morgan fingerprint density at radius 3 is 1.69 bits per heavy atom. The van der Waals surface area contributed by atoms with Crippen LogP contribution in [0.15, 0.2) is 42.5 Å². The molecule has 0 radical (unpaired) electrons. The van der Waals surface area contributed by atoms with Crippen molar-refractivity contribution in [2.75, 3.05) is 10.6 Å². The fraction of sp³-hybridized carbons (Fsp3) is 0. The van der Waals surface area contributed by atoms with Crippen molar-refractivity contribution in [1.29, 1.82) is 0 Å². The third kappa shape index (κ3) is 7.61. The molecule has 0 aliphatic heterocycles. The molecule has 0 atom stereocenters. The first-order valence-electron chi connectivity index (χ1n) is 6.61. The summed E-state index contributed by atoms with van der Waals surface area (Å²) in [5, 5.41) is 26.6. The van der Waals surface area contributed by atoms with Gasteiger partial charge in [-0.05, 0) is 53.6 Å². The van der Waals surface area contributed by atoms with E-state index in [2.05, 4.69) is 16.6 Å². The standard InChI is InChI=1S/C17H12N2O5.2K/c1-2-10-3-5-13(6-4-10)18-17(24)19-14-8-11(15(20)21)7-12(9-14)16(22)23;;/h1,3-9H,(H,20,21)(H,22,23)(H2,18,19,24);;/q;2*+1/p-2. The summed E-state index contributed by atoms with van der Waals surface area (Å²) < 4.78 is 0. The topological polar surface area (TPSA) is 121 Å². The van der Waals surface area contributed by atoms with Crippen LogP contribution in [0.1, 0.15) is 26.3 Å². The van der Waals surface area contributed by atoms with Gasteiger partial charge in [0.1, 0.15) is 0 Å². The molecule has 0 bridgehead atoms. The first-order chi connectivity index (χ1) is 11.4. The van der Waals surface area contributed by atoms with Crippen LogP contribution >= 0.6 is 0 Å². The predicted octanol–water partition coefficient (Wildman–Crippen LogP) is -5.95. The molecule has 2 amide bonds. The minimum atomic E-state index is -1.58. The van der Waals surface area contributed by atoms with Crippen molar-refractivity contribution < 1.29 is 127 Å². The maximum absolute atomic E-state index is 11.9. The van der Waals surface area contributed by atoms with Gasteiger partial charge in [-0.25, -0.2) is 4.79 Å². The zero-order valence-corrected chi connectivity index (χ0v) is 20.4. The minimum absolute atomic E-state index is 0. The molecule has 0 heterocycles. The van der Waals surface area contributed by atoms with Gasteiger partial charge in [0.05, 0.1) is 11.9 Å². The number of carboxylic acids is 2. The van der Waals surface area contributed by atoms with Crippen LogP contribution < -0.4 is 124 Å². The molecule has 26 heavy (non-hydrogen) atoms. The van der Waals surface area contributed by atoms with E-state index in [9.17, 15) is 24.6 Å². The quantitative estimate of drug-likeness (QED) is 0.391. The summed E-state index contributed by atoms with van der Waals surface area (Å²) in [6, 6.07) is 8.75. The van der Waals surface area contributed by atoms with Crippen molar-refractivity contribution in [1.82, 2.24) is 0 Å². The van der Waals surface area contributed by atoms with Crippen molar-refractivity contribution in [3.05, 3.63) is 59.2 Å². The van der Waals surface area contributed by atoms with Gasteiger partial charge in [-0.1, -0.05) is 5.92 Å². The van der Waals surface area contributed by atoms with Crippen molar-refractivity contribution >= 4 is 29.3 Å². The van der Waals surface area contributed by atoms with Crippen LogP contribution in [0, 0.1) is 12.3 Å². The fourth-order valence-electron chi connectivity index (χ4n) is 1.88. The first kappa shape index (κ1) is 25.5. The second kappa shape index (κ2) is 12.0. The van der Waals surface area contributed by atoms with Crippen molar-refractivity contribution in [3.8, 4) is 12.3 Å². The number of benzene rings is 2. The largest absolute Gasteiger partial charge is 1.00 e. The summed E-state index contributed by atoms with van der Waals surface area (Å²) in [5.41, 5.74) is 0.258. The van der Waals surface area contributed by atoms with Crippen LogP contribution in [0.4, 0.5) is 16.2 Å². The number of hydrogen-bond donors (Lipinski definition) is 2. The zero-order valence-electron chi connectivity index (χ0n) is 14.2. The van der Waals surface area contributed by atoms with Gasteiger partial charge >= 0.3 is 109 Å². The molecule has 0 unspecified atom stereocenters. The molecule has 120 valence electrons. The van der Waals surface area contributed by atoms with Gasteiger partial charge in [-0.15, -0.1) is 6.42 Å². The van der Waals surface area contributed by atoms with Crippen LogP contribution in [-0.4, -0.2) is 18.0 Å². The van der Waals surface area contributed by atoms with Gasteiger partial charge in [-0.3, -0.25) is 0 Å². The van der Waals surface area contributed by atoms with E-state index >= 15 is 0 Å². The van der Waals surface area contributed by atoms with Gasteiger partial charge in [-0.2, -0.15) is 0 Å². The molecule has 0 aliphatic carbocycles. The Hall–Kier alpha value is -0.517. The average molecular weight is 400 g/mol. The number of hydrogen-bond acceptors (Lipinski definition) is 5. The number of anilines is 2. The maximum Gasteiger partial charge on any atom is 1.00 e. The molecule has 2 rings (SSSR count). The Labute approximate surface area is 234 Å². The zero-order chi connectivity index (χ0) is 17.7. The molecule has 0 aliphatic rings. The van der Waals surface area contributed by atoms with Crippen LogP contribution in [0.25, 0.3) is 0 Å². The number of carbonyl (C=O) groups is 3. The summed E-state index contributed by atoms with van der Waals surface area (Å²) in [7, 11) is 0. The van der Waals surface area contributed by atoms with Gasteiger partial charge in [0.15, 0.2) is 0 Å². The minimum Gasteiger partial charge on any atom is -0.545 e. The van der Waals surface area contributed by atoms with Gasteiger partial charge in [0.25, 0.3) is 0 Å². The SMILES string of the molecule is C#Cc1ccc(NC(=O)Nc2cc(C(=O)[O-])cc(C(=O)[O-])c2)cc1.[K+].[K+]. The van der Waals surface area contributed by atoms with E-state index in [4.69, 9.17) is 6.42 Å². The van der Waals surface area contributed by atoms with Gasteiger partial charge < -0.3 is 30.4 Å². The van der Waals surface area contributed by atoms with Gasteiger partial charge in [0, 0.05) is 16.9 Å². The monoisotopic (exact) mass is 400 g/mol. The van der Waals surface area contributed by atoms with E-state index in [0.717, 1.165) is 18.2 Å². The number of rotatable bonds is 4. The molecule has 2 aromatic carbocycles. The summed E-state index contributed by atoms with van der Waals surface area (Å²) >= 11 is 0. The molecular weight excluding hydrogens is 390 g/mol. The number of terminal acetylenes is 1. The number of urea groups is 1. The molecular formula is C17H10K2N2O5. The Balaban J connectivity index is 0.00000312. The smallest absolute Gasteiger partial charge is 0.545 e. The molecule has 7 nitrogen and oxygen atoms in total. The average Bonchev–Trinajstić information content (AvgIpc) is 2.55. The van der Waals surface area contributed by atoms with Crippen LogP contribution in [0.5, 0.6) is 0 Å². The number of carboxylic acid groups (broad SMARTS) is 2. The third-order valence-electron chi connectivity index (χ3n) is 2.97. The molecule has 9 heteroatoms. The van der Waals surface area contributed by atoms with Crippen molar-refractivity contribution in [2.24, 2.45) is 0 Å². The van der Waals surface area contributed by atoms with Crippen molar-refractivity contribution in [3.63, 3.8) is 0 Å². The summed E-state index contributed by atoms with van der Waals surface area (Å²) in [5.74, 6) is -0.725. The molecule has 0 fully saturated rings. The summed E-state index contributed by atoms with van der Waals surface area (Å²) in [6.07, 6.45) is 5.22. The second-order valence-corrected chi connectivity index (χ2v) is 4.67. The molecule has 0 saturated heterocycles. The normalized spacial score (nSPS) is 8.88. The Bertz CT molecular complexity index is 828. The summed E-state index contributed by atoms with van der Waals surface area (Å²) in [4.78, 5) is 33.7. The number of carbonyl (C=O) groups excluding carboxylic acids is 3. The fourth-order valence-corrected chi connectivity index (χ4v) is 1.88. The number of amides is 2. The third-order valence-corrected chi connectivity index (χ3v) is 2.97. The van der Waals surface area contributed by atoms with E-state index in [1.165, 1.54) is 0 Å². The second-order valence-electron chi connectivity index (χ2n) is 4.67. The predicted molar refractivity (Wildman–Crippen MR) is 82.1 cm³/mol. The Morgan fingerprint density at radius 1 is 0.808 bits per heavy atom. The van der Waals surface area contributed by atoms with E-state index in [-0.39, 0.29) is 108 Å². The molecule has 0 aromatic heterocycles. The molecule has 2 aromatic rings. The van der Waals surface area contributed by atoms with E-state index in [0.29, 0.717) is 11.3 Å². The van der Waals surface area contributed by atoms with Crippen molar-refractivity contribution in [2.45, 2.75) is 0 Å². The van der Waals surface area contributed by atoms with Crippen LogP contribution in [0.3, 0.4) is 0 Å². The number of nitrogens with one attached hydrogen (secondary N) is 2. The first-order valence-corrected chi connectivity index (χ1v) is 6.61. The molecule has 2 N–H and O–H groups in total. The molecule has 0 saturated carbocycles. The van der Waals surface area contributed by atoms with Gasteiger partial charge in [0.2, 0.25) is 0 Å². The van der Waals surface area contributed by atoms with E-state index in [1.54, 1.807) is 24.3 Å². The number of aromatic carboxylic acids is 2. The van der Waals surface area contributed by atoms with E-state index in [1.807, 2.05) is 0 Å².